The molecule has 7 heteroatoms. The van der Waals surface area contributed by atoms with Crippen LogP contribution in [0, 0.1) is 0 Å². The second-order valence-corrected chi connectivity index (χ2v) is 9.93. The van der Waals surface area contributed by atoms with E-state index in [-0.39, 0.29) is 17.7 Å². The van der Waals surface area contributed by atoms with E-state index < -0.39 is 11.6 Å². The highest BCUT2D eigenvalue weighted by Crippen LogP contribution is 2.44. The van der Waals surface area contributed by atoms with Gasteiger partial charge in [-0.25, -0.2) is 0 Å². The number of hydrogen-bond acceptors (Lipinski definition) is 3. The topological polar surface area (TPSA) is 52.7 Å². The lowest BCUT2D eigenvalue weighted by molar-refractivity contribution is -0.135. The maximum atomic E-state index is 14.0. The monoisotopic (exact) mass is 485 g/mol. The van der Waals surface area contributed by atoms with Crippen molar-refractivity contribution in [1.82, 2.24) is 15.1 Å². The summed E-state index contributed by atoms with van der Waals surface area (Å²) < 4.78 is 0. The molecule has 2 aliphatic heterocycles. The molecule has 5 nitrogen and oxygen atoms in total. The molecule has 2 unspecified atom stereocenters. The van der Waals surface area contributed by atoms with E-state index in [1.54, 1.807) is 24.1 Å². The first kappa shape index (κ1) is 23.7. The van der Waals surface area contributed by atoms with Crippen LogP contribution in [0.5, 0.6) is 0 Å². The number of amides is 2. The van der Waals surface area contributed by atoms with Crippen LogP contribution in [0.25, 0.3) is 0 Å². The molecule has 4 rings (SSSR count). The van der Waals surface area contributed by atoms with Gasteiger partial charge in [-0.1, -0.05) is 66.5 Å². The molecule has 33 heavy (non-hydrogen) atoms. The number of benzene rings is 2. The molecule has 174 valence electrons. The molecular formula is C26H29Cl2N3O2. The second-order valence-electron chi connectivity index (χ2n) is 9.12. The van der Waals surface area contributed by atoms with Gasteiger partial charge in [-0.2, -0.15) is 0 Å². The molecule has 0 fully saturated rings. The summed E-state index contributed by atoms with van der Waals surface area (Å²) in [7, 11) is 1.80. The van der Waals surface area contributed by atoms with E-state index in [0.717, 1.165) is 16.8 Å². The van der Waals surface area contributed by atoms with Gasteiger partial charge >= 0.3 is 0 Å². The van der Waals surface area contributed by atoms with Crippen LogP contribution in [-0.4, -0.2) is 47.3 Å². The Morgan fingerprint density at radius 3 is 2.48 bits per heavy atom. The second kappa shape index (κ2) is 9.03. The van der Waals surface area contributed by atoms with Crippen LogP contribution in [-0.2, 0) is 9.59 Å². The van der Waals surface area contributed by atoms with Gasteiger partial charge in [0.1, 0.15) is 0 Å². The molecule has 0 saturated carbocycles. The van der Waals surface area contributed by atoms with Gasteiger partial charge in [-0.15, -0.1) is 0 Å². The van der Waals surface area contributed by atoms with Crippen LogP contribution in [0.15, 0.2) is 59.8 Å². The Hall–Kier alpha value is -2.50. The molecule has 0 aromatic heterocycles. The Balaban J connectivity index is 1.88. The van der Waals surface area contributed by atoms with Gasteiger partial charge in [0.05, 0.1) is 33.1 Å². The first-order chi connectivity index (χ1) is 15.7. The lowest BCUT2D eigenvalue weighted by Crippen LogP contribution is -2.46. The molecule has 2 aliphatic rings. The fraction of sp³-hybridized carbons (Fsp3) is 0.385. The standard InChI is InChI=1S/C26H29Cl2N3O2/c1-5-18(16-9-7-6-8-10-16)24(32)31-14-13-29-23-21(25(33)30(4)26(23,2)3)22(31)17-11-12-19(27)20(28)15-17/h6-12,15,18,22,29H,5,13-14H2,1-4H3. The number of nitrogens with one attached hydrogen (secondary N) is 1. The molecule has 2 aromatic carbocycles. The van der Waals surface area contributed by atoms with Crippen molar-refractivity contribution in [3.8, 4) is 0 Å². The number of carbonyl (C=O) groups is 2. The fourth-order valence-corrected chi connectivity index (χ4v) is 5.20. The molecule has 2 heterocycles. The predicted octanol–water partition coefficient (Wildman–Crippen LogP) is 5.16. The van der Waals surface area contributed by atoms with Gasteiger partial charge in [0.25, 0.3) is 5.91 Å². The molecule has 1 N–H and O–H groups in total. The predicted molar refractivity (Wildman–Crippen MR) is 132 cm³/mol. The van der Waals surface area contributed by atoms with Gasteiger partial charge in [0, 0.05) is 25.8 Å². The van der Waals surface area contributed by atoms with Crippen molar-refractivity contribution in [2.75, 3.05) is 20.1 Å². The summed E-state index contributed by atoms with van der Waals surface area (Å²) >= 11 is 12.6. The van der Waals surface area contributed by atoms with Crippen LogP contribution in [0.3, 0.4) is 0 Å². The van der Waals surface area contributed by atoms with Crippen molar-refractivity contribution in [1.29, 1.82) is 0 Å². The average Bonchev–Trinajstić information content (AvgIpc) is 2.95. The largest absolute Gasteiger partial charge is 0.384 e. The summed E-state index contributed by atoms with van der Waals surface area (Å²) in [6.45, 7) is 7.07. The van der Waals surface area contributed by atoms with E-state index >= 15 is 0 Å². The number of nitrogens with zero attached hydrogens (tertiary/aromatic N) is 2. The molecule has 0 aliphatic carbocycles. The number of likely N-dealkylation sites (N-methyl/N-ethyl adjacent to an activating group) is 1. The van der Waals surface area contributed by atoms with E-state index in [9.17, 15) is 9.59 Å². The minimum absolute atomic E-state index is 0.00418. The van der Waals surface area contributed by atoms with E-state index in [2.05, 4.69) is 5.32 Å². The number of carbonyl (C=O) groups excluding carboxylic acids is 2. The summed E-state index contributed by atoms with van der Waals surface area (Å²) in [6.07, 6.45) is 0.659. The Bertz CT molecular complexity index is 1110. The zero-order valence-corrected chi connectivity index (χ0v) is 20.9. The van der Waals surface area contributed by atoms with Gasteiger partial charge in [-0.05, 0) is 43.5 Å². The Kier molecular flexibility index (Phi) is 6.47. The lowest BCUT2D eigenvalue weighted by atomic mass is 9.90. The van der Waals surface area contributed by atoms with Crippen LogP contribution in [0.1, 0.15) is 50.3 Å². The normalized spacial score (nSPS) is 20.9. The van der Waals surface area contributed by atoms with E-state index in [4.69, 9.17) is 23.2 Å². The quantitative estimate of drug-likeness (QED) is 0.649. The molecule has 0 bridgehead atoms. The van der Waals surface area contributed by atoms with Crippen LogP contribution >= 0.6 is 23.2 Å². The number of hydrogen-bond donors (Lipinski definition) is 1. The molecule has 0 radical (unpaired) electrons. The van der Waals surface area contributed by atoms with Gasteiger partial charge in [0.15, 0.2) is 0 Å². The lowest BCUT2D eigenvalue weighted by Gasteiger charge is -2.35. The van der Waals surface area contributed by atoms with Crippen molar-refractivity contribution in [2.24, 2.45) is 0 Å². The third kappa shape index (κ3) is 4.02. The van der Waals surface area contributed by atoms with Gasteiger partial charge in [-0.3, -0.25) is 9.59 Å². The van der Waals surface area contributed by atoms with Crippen LogP contribution in [0.2, 0.25) is 10.0 Å². The third-order valence-corrected chi connectivity index (χ3v) is 7.68. The third-order valence-electron chi connectivity index (χ3n) is 6.95. The Labute approximate surface area is 205 Å². The highest BCUT2D eigenvalue weighted by Gasteiger charge is 2.49. The molecule has 0 spiro atoms. The summed E-state index contributed by atoms with van der Waals surface area (Å²) in [5.41, 5.74) is 2.68. The molecule has 2 atom stereocenters. The SMILES string of the molecule is CCC(C(=O)N1CCNC2=C(C(=O)N(C)C2(C)C)C1c1ccc(Cl)c(Cl)c1)c1ccccc1. The van der Waals surface area contributed by atoms with Gasteiger partial charge < -0.3 is 15.1 Å². The van der Waals surface area contributed by atoms with Crippen LogP contribution in [0.4, 0.5) is 0 Å². The van der Waals surface area contributed by atoms with Crippen molar-refractivity contribution in [3.05, 3.63) is 81.0 Å². The maximum Gasteiger partial charge on any atom is 0.254 e. The Morgan fingerprint density at radius 2 is 1.85 bits per heavy atom. The smallest absolute Gasteiger partial charge is 0.254 e. The summed E-state index contributed by atoms with van der Waals surface area (Å²) in [6, 6.07) is 14.6. The molecular weight excluding hydrogens is 457 g/mol. The van der Waals surface area contributed by atoms with Crippen molar-refractivity contribution in [3.63, 3.8) is 0 Å². The van der Waals surface area contributed by atoms with Crippen molar-refractivity contribution in [2.45, 2.75) is 44.7 Å². The Morgan fingerprint density at radius 1 is 1.15 bits per heavy atom. The highest BCUT2D eigenvalue weighted by atomic mass is 35.5. The summed E-state index contributed by atoms with van der Waals surface area (Å²) in [5, 5.41) is 4.30. The summed E-state index contributed by atoms with van der Waals surface area (Å²) in [4.78, 5) is 31.2. The molecule has 2 amide bonds. The van der Waals surface area contributed by atoms with Gasteiger partial charge in [0.2, 0.25) is 5.91 Å². The van der Waals surface area contributed by atoms with E-state index in [1.165, 1.54) is 0 Å². The van der Waals surface area contributed by atoms with E-state index in [0.29, 0.717) is 35.1 Å². The summed E-state index contributed by atoms with van der Waals surface area (Å²) in [5.74, 6) is -0.401. The van der Waals surface area contributed by atoms with E-state index in [1.807, 2.05) is 62.1 Å². The zero-order chi connectivity index (χ0) is 23.9. The maximum absolute atomic E-state index is 14.0. The number of halogens is 2. The van der Waals surface area contributed by atoms with Crippen molar-refractivity contribution < 1.29 is 9.59 Å². The minimum Gasteiger partial charge on any atom is -0.384 e. The zero-order valence-electron chi connectivity index (χ0n) is 19.4. The minimum atomic E-state index is -0.563. The highest BCUT2D eigenvalue weighted by molar-refractivity contribution is 6.42. The first-order valence-electron chi connectivity index (χ1n) is 11.3. The molecule has 2 aromatic rings. The fourth-order valence-electron chi connectivity index (χ4n) is 4.90. The van der Waals surface area contributed by atoms with Crippen molar-refractivity contribution >= 4 is 35.0 Å². The van der Waals surface area contributed by atoms with Crippen LogP contribution < -0.4 is 5.32 Å². The number of rotatable bonds is 4. The average molecular weight is 486 g/mol. The first-order valence-corrected chi connectivity index (χ1v) is 12.0. The molecule has 0 saturated heterocycles.